The molecule has 4 nitrogen and oxygen atoms in total. The van der Waals surface area contributed by atoms with Gasteiger partial charge in [0.1, 0.15) is 0 Å². The number of hydrogen-bond acceptors (Lipinski definition) is 4. The lowest BCUT2D eigenvalue weighted by atomic mass is 10.1. The molecule has 0 radical (unpaired) electrons. The lowest BCUT2D eigenvalue weighted by Gasteiger charge is -2.17. The average Bonchev–Trinajstić information content (AvgIpc) is 3.00. The molecule has 0 amide bonds. The van der Waals surface area contributed by atoms with Gasteiger partial charge in [0.2, 0.25) is 0 Å². The lowest BCUT2D eigenvalue weighted by molar-refractivity contribution is 0.331. The molecule has 0 aliphatic carbocycles. The molecule has 2 aliphatic rings. The molecule has 1 saturated heterocycles. The van der Waals surface area contributed by atoms with Gasteiger partial charge in [-0.1, -0.05) is 24.3 Å². The van der Waals surface area contributed by atoms with Crippen LogP contribution in [0, 0.1) is 0 Å². The summed E-state index contributed by atoms with van der Waals surface area (Å²) in [6.45, 7) is 6.41. The normalized spacial score (nSPS) is 19.5. The SMILES string of the molecule is c1cc(CNC2=NCCCN2)cc(CN2CCCC2)c1. The number of rotatable bonds is 4. The zero-order valence-corrected chi connectivity index (χ0v) is 12.1. The van der Waals surface area contributed by atoms with E-state index < -0.39 is 0 Å². The Kier molecular flexibility index (Phi) is 4.53. The summed E-state index contributed by atoms with van der Waals surface area (Å²) in [5, 5.41) is 6.68. The molecule has 0 saturated carbocycles. The molecule has 0 spiro atoms. The first kappa shape index (κ1) is 13.4. The maximum atomic E-state index is 4.44. The molecule has 2 N–H and O–H groups in total. The molecule has 2 aliphatic heterocycles. The third-order valence-electron chi connectivity index (χ3n) is 3.95. The summed E-state index contributed by atoms with van der Waals surface area (Å²) in [6, 6.07) is 8.90. The molecule has 4 heteroatoms. The fraction of sp³-hybridized carbons (Fsp3) is 0.562. The van der Waals surface area contributed by atoms with E-state index in [4.69, 9.17) is 0 Å². The minimum absolute atomic E-state index is 0.847. The Bertz CT molecular complexity index is 463. The summed E-state index contributed by atoms with van der Waals surface area (Å²) in [4.78, 5) is 6.98. The Morgan fingerprint density at radius 1 is 1.15 bits per heavy atom. The number of guanidine groups is 1. The molecule has 0 unspecified atom stereocenters. The van der Waals surface area contributed by atoms with Gasteiger partial charge in [-0.05, 0) is 43.5 Å². The van der Waals surface area contributed by atoms with E-state index in [-0.39, 0.29) is 0 Å². The smallest absolute Gasteiger partial charge is 0.191 e. The van der Waals surface area contributed by atoms with E-state index in [1.807, 2.05) is 0 Å². The highest BCUT2D eigenvalue weighted by atomic mass is 15.2. The van der Waals surface area contributed by atoms with Crippen molar-refractivity contribution in [2.24, 2.45) is 4.99 Å². The van der Waals surface area contributed by atoms with Crippen LogP contribution in [0.5, 0.6) is 0 Å². The molecule has 0 atom stereocenters. The second-order valence-corrected chi connectivity index (χ2v) is 5.67. The molecule has 0 aromatic heterocycles. The highest BCUT2D eigenvalue weighted by Crippen LogP contribution is 2.13. The van der Waals surface area contributed by atoms with Crippen LogP contribution in [0.4, 0.5) is 0 Å². The molecule has 108 valence electrons. The number of benzene rings is 1. The van der Waals surface area contributed by atoms with Crippen molar-refractivity contribution >= 4 is 5.96 Å². The lowest BCUT2D eigenvalue weighted by Crippen LogP contribution is -2.40. The van der Waals surface area contributed by atoms with Gasteiger partial charge < -0.3 is 10.6 Å². The summed E-state index contributed by atoms with van der Waals surface area (Å²) in [5.41, 5.74) is 2.75. The predicted octanol–water partition coefficient (Wildman–Crippen LogP) is 1.72. The van der Waals surface area contributed by atoms with Gasteiger partial charge in [-0.2, -0.15) is 0 Å². The van der Waals surface area contributed by atoms with Crippen molar-refractivity contribution in [3.63, 3.8) is 0 Å². The molecular formula is C16H24N4. The van der Waals surface area contributed by atoms with Crippen molar-refractivity contribution in [1.82, 2.24) is 15.5 Å². The van der Waals surface area contributed by atoms with E-state index >= 15 is 0 Å². The summed E-state index contributed by atoms with van der Waals surface area (Å²) in [6.07, 6.45) is 3.84. The second kappa shape index (κ2) is 6.75. The summed E-state index contributed by atoms with van der Waals surface area (Å²) in [7, 11) is 0. The largest absolute Gasteiger partial charge is 0.356 e. The number of nitrogens with one attached hydrogen (secondary N) is 2. The van der Waals surface area contributed by atoms with Crippen molar-refractivity contribution < 1.29 is 0 Å². The van der Waals surface area contributed by atoms with Crippen LogP contribution in [-0.2, 0) is 13.1 Å². The average molecular weight is 272 g/mol. The molecule has 2 heterocycles. The van der Waals surface area contributed by atoms with Crippen molar-refractivity contribution in [3.8, 4) is 0 Å². The molecule has 1 aromatic carbocycles. The van der Waals surface area contributed by atoms with E-state index in [1.165, 1.54) is 37.1 Å². The van der Waals surface area contributed by atoms with Crippen LogP contribution in [0.25, 0.3) is 0 Å². The van der Waals surface area contributed by atoms with Crippen LogP contribution >= 0.6 is 0 Å². The first-order valence-corrected chi connectivity index (χ1v) is 7.72. The number of aliphatic imine (C=N–C) groups is 1. The van der Waals surface area contributed by atoms with Gasteiger partial charge in [-0.3, -0.25) is 9.89 Å². The maximum absolute atomic E-state index is 4.44. The molecule has 3 rings (SSSR count). The summed E-state index contributed by atoms with van der Waals surface area (Å²) in [5.74, 6) is 0.946. The van der Waals surface area contributed by atoms with Crippen LogP contribution in [0.15, 0.2) is 29.3 Å². The standard InChI is InChI=1S/C16H24N4/c1-2-10-20(9-1)13-15-6-3-5-14(11-15)12-19-16-17-7-4-8-18-16/h3,5-6,11H,1-2,4,7-10,12-13H2,(H2,17,18,19). The van der Waals surface area contributed by atoms with Gasteiger partial charge in [0.15, 0.2) is 5.96 Å². The Labute approximate surface area is 121 Å². The highest BCUT2D eigenvalue weighted by Gasteiger charge is 2.11. The first-order chi connectivity index (χ1) is 9.90. The van der Waals surface area contributed by atoms with Gasteiger partial charge in [0.25, 0.3) is 0 Å². The van der Waals surface area contributed by atoms with E-state index in [0.29, 0.717) is 0 Å². The number of hydrogen-bond donors (Lipinski definition) is 2. The van der Waals surface area contributed by atoms with Crippen molar-refractivity contribution in [3.05, 3.63) is 35.4 Å². The van der Waals surface area contributed by atoms with Crippen LogP contribution in [0.3, 0.4) is 0 Å². The number of nitrogens with zero attached hydrogens (tertiary/aromatic N) is 2. The summed E-state index contributed by atoms with van der Waals surface area (Å²) >= 11 is 0. The fourth-order valence-electron chi connectivity index (χ4n) is 2.87. The van der Waals surface area contributed by atoms with E-state index in [0.717, 1.165) is 38.6 Å². The van der Waals surface area contributed by atoms with Crippen molar-refractivity contribution in [2.45, 2.75) is 32.4 Å². The van der Waals surface area contributed by atoms with E-state index in [9.17, 15) is 0 Å². The fourth-order valence-corrected chi connectivity index (χ4v) is 2.87. The maximum Gasteiger partial charge on any atom is 0.191 e. The van der Waals surface area contributed by atoms with Gasteiger partial charge in [-0.25, -0.2) is 0 Å². The van der Waals surface area contributed by atoms with Crippen molar-refractivity contribution in [1.29, 1.82) is 0 Å². The molecule has 1 aromatic rings. The van der Waals surface area contributed by atoms with Crippen molar-refractivity contribution in [2.75, 3.05) is 26.2 Å². The molecule has 20 heavy (non-hydrogen) atoms. The second-order valence-electron chi connectivity index (χ2n) is 5.67. The Morgan fingerprint density at radius 3 is 2.80 bits per heavy atom. The van der Waals surface area contributed by atoms with E-state index in [2.05, 4.69) is 44.8 Å². The number of likely N-dealkylation sites (tertiary alicyclic amines) is 1. The Hall–Kier alpha value is -1.55. The third-order valence-corrected chi connectivity index (χ3v) is 3.95. The van der Waals surface area contributed by atoms with Gasteiger partial charge in [-0.15, -0.1) is 0 Å². The Balaban J connectivity index is 1.54. The van der Waals surface area contributed by atoms with Crippen LogP contribution < -0.4 is 10.6 Å². The van der Waals surface area contributed by atoms with Gasteiger partial charge in [0, 0.05) is 26.2 Å². The zero-order chi connectivity index (χ0) is 13.6. The monoisotopic (exact) mass is 272 g/mol. The van der Waals surface area contributed by atoms with Crippen LogP contribution in [0.1, 0.15) is 30.4 Å². The minimum Gasteiger partial charge on any atom is -0.356 e. The molecule has 1 fully saturated rings. The molecule has 0 bridgehead atoms. The zero-order valence-electron chi connectivity index (χ0n) is 12.1. The first-order valence-electron chi connectivity index (χ1n) is 7.72. The van der Waals surface area contributed by atoms with Gasteiger partial charge in [0.05, 0.1) is 0 Å². The third kappa shape index (κ3) is 3.73. The van der Waals surface area contributed by atoms with Crippen LogP contribution in [-0.4, -0.2) is 37.0 Å². The summed E-state index contributed by atoms with van der Waals surface area (Å²) < 4.78 is 0. The highest BCUT2D eigenvalue weighted by molar-refractivity contribution is 5.80. The van der Waals surface area contributed by atoms with E-state index in [1.54, 1.807) is 0 Å². The predicted molar refractivity (Wildman–Crippen MR) is 82.7 cm³/mol. The van der Waals surface area contributed by atoms with Gasteiger partial charge >= 0.3 is 0 Å². The van der Waals surface area contributed by atoms with Crippen LogP contribution in [0.2, 0.25) is 0 Å². The Morgan fingerprint density at radius 2 is 2.00 bits per heavy atom. The quantitative estimate of drug-likeness (QED) is 0.877. The molecular weight excluding hydrogens is 248 g/mol. The minimum atomic E-state index is 0.847. The topological polar surface area (TPSA) is 39.7 Å².